The number of thioether (sulfide) groups is 1. The molecular weight excluding hydrogens is 301 g/mol. The molecule has 1 aromatic carbocycles. The third-order valence-electron chi connectivity index (χ3n) is 2.93. The number of halogens is 5. The Morgan fingerprint density at radius 3 is 1.90 bits per heavy atom. The summed E-state index contributed by atoms with van der Waals surface area (Å²) < 4.78 is 70.7. The number of morpholine rings is 1. The van der Waals surface area contributed by atoms with Crippen molar-refractivity contribution in [1.82, 2.24) is 4.90 Å². The molecule has 0 amide bonds. The average molecular weight is 313 g/mol. The van der Waals surface area contributed by atoms with Crippen LogP contribution in [-0.2, 0) is 4.74 Å². The fourth-order valence-electron chi connectivity index (χ4n) is 1.81. The summed E-state index contributed by atoms with van der Waals surface area (Å²) in [5.41, 5.74) is 0. The quantitative estimate of drug-likeness (QED) is 0.367. The lowest BCUT2D eigenvalue weighted by atomic mass is 10.3. The Hall–Kier alpha value is -0.860. The smallest absolute Gasteiger partial charge is 0.200 e. The van der Waals surface area contributed by atoms with Gasteiger partial charge in [0.15, 0.2) is 23.3 Å². The maximum absolute atomic E-state index is 13.4. The zero-order chi connectivity index (χ0) is 14.7. The molecule has 2 rings (SSSR count). The van der Waals surface area contributed by atoms with Crippen LogP contribution in [0, 0.1) is 29.1 Å². The first-order valence-corrected chi connectivity index (χ1v) is 6.95. The Bertz CT molecular complexity index is 464. The second kappa shape index (κ2) is 6.73. The van der Waals surface area contributed by atoms with Crippen LogP contribution in [0.2, 0.25) is 0 Å². The first-order chi connectivity index (χ1) is 9.52. The van der Waals surface area contributed by atoms with Crippen LogP contribution in [0.5, 0.6) is 0 Å². The fourth-order valence-corrected chi connectivity index (χ4v) is 2.80. The average Bonchev–Trinajstić information content (AvgIpc) is 2.48. The summed E-state index contributed by atoms with van der Waals surface area (Å²) in [5.74, 6) is -9.24. The van der Waals surface area contributed by atoms with Crippen molar-refractivity contribution < 1.29 is 26.7 Å². The third kappa shape index (κ3) is 3.24. The van der Waals surface area contributed by atoms with Gasteiger partial charge in [-0.2, -0.15) is 0 Å². The molecule has 1 aliphatic heterocycles. The molecule has 1 fully saturated rings. The molecule has 0 radical (unpaired) electrons. The van der Waals surface area contributed by atoms with Crippen LogP contribution in [0.25, 0.3) is 0 Å². The molecule has 0 aromatic heterocycles. The lowest BCUT2D eigenvalue weighted by Gasteiger charge is -2.26. The maximum Gasteiger partial charge on any atom is 0.200 e. The summed E-state index contributed by atoms with van der Waals surface area (Å²) in [7, 11) is 0. The van der Waals surface area contributed by atoms with E-state index in [9.17, 15) is 22.0 Å². The normalized spacial score (nSPS) is 16.6. The Morgan fingerprint density at radius 2 is 1.35 bits per heavy atom. The van der Waals surface area contributed by atoms with E-state index >= 15 is 0 Å². The summed E-state index contributed by atoms with van der Waals surface area (Å²) >= 11 is 0.625. The van der Waals surface area contributed by atoms with E-state index in [4.69, 9.17) is 4.74 Å². The molecule has 1 heterocycles. The third-order valence-corrected chi connectivity index (χ3v) is 3.96. The number of nitrogens with zero attached hydrogens (tertiary/aromatic N) is 1. The van der Waals surface area contributed by atoms with Crippen LogP contribution in [0.15, 0.2) is 4.90 Å². The van der Waals surface area contributed by atoms with Crippen molar-refractivity contribution in [3.05, 3.63) is 29.1 Å². The van der Waals surface area contributed by atoms with Gasteiger partial charge in [-0.25, -0.2) is 22.0 Å². The van der Waals surface area contributed by atoms with Crippen LogP contribution in [-0.4, -0.2) is 43.5 Å². The van der Waals surface area contributed by atoms with Gasteiger partial charge < -0.3 is 4.74 Å². The molecule has 1 aromatic rings. The van der Waals surface area contributed by atoms with E-state index in [1.54, 1.807) is 0 Å². The van der Waals surface area contributed by atoms with Crippen molar-refractivity contribution in [2.45, 2.75) is 4.90 Å². The van der Waals surface area contributed by atoms with Gasteiger partial charge in [0, 0.05) is 25.4 Å². The molecule has 1 aliphatic rings. The Kier molecular flexibility index (Phi) is 5.22. The highest BCUT2D eigenvalue weighted by Crippen LogP contribution is 2.30. The van der Waals surface area contributed by atoms with E-state index in [0.717, 1.165) is 0 Å². The minimum Gasteiger partial charge on any atom is -0.379 e. The van der Waals surface area contributed by atoms with Crippen LogP contribution in [0.4, 0.5) is 22.0 Å². The van der Waals surface area contributed by atoms with Crippen molar-refractivity contribution in [3.8, 4) is 0 Å². The highest BCUT2D eigenvalue weighted by Gasteiger charge is 2.26. The number of benzene rings is 1. The van der Waals surface area contributed by atoms with Crippen molar-refractivity contribution in [3.63, 3.8) is 0 Å². The standard InChI is InChI=1S/C12H12F5NOS/c13-7-8(14)10(16)12(11(17)9(7)15)20-6-3-18-1-4-19-5-2-18/h1-6H2. The van der Waals surface area contributed by atoms with Gasteiger partial charge in [-0.1, -0.05) is 0 Å². The molecule has 20 heavy (non-hydrogen) atoms. The number of ether oxygens (including phenoxy) is 1. The predicted molar refractivity (Wildman–Crippen MR) is 64.2 cm³/mol. The SMILES string of the molecule is Fc1c(F)c(F)c(SCCN2CCOCC2)c(F)c1F. The minimum absolute atomic E-state index is 0.234. The molecule has 0 bridgehead atoms. The lowest BCUT2D eigenvalue weighted by Crippen LogP contribution is -2.37. The highest BCUT2D eigenvalue weighted by molar-refractivity contribution is 7.99. The van der Waals surface area contributed by atoms with Gasteiger partial charge in [-0.15, -0.1) is 11.8 Å². The van der Waals surface area contributed by atoms with Crippen LogP contribution < -0.4 is 0 Å². The van der Waals surface area contributed by atoms with E-state index in [-0.39, 0.29) is 5.75 Å². The molecule has 0 unspecified atom stereocenters. The summed E-state index contributed by atoms with van der Waals surface area (Å²) in [4.78, 5) is 1.18. The second-order valence-electron chi connectivity index (χ2n) is 4.20. The zero-order valence-corrected chi connectivity index (χ0v) is 11.2. The zero-order valence-electron chi connectivity index (χ0n) is 10.4. The second-order valence-corrected chi connectivity index (χ2v) is 5.31. The Balaban J connectivity index is 2.02. The Labute approximate surface area is 116 Å². The molecule has 112 valence electrons. The first-order valence-electron chi connectivity index (χ1n) is 5.96. The number of rotatable bonds is 4. The van der Waals surface area contributed by atoms with Gasteiger partial charge in [-0.3, -0.25) is 4.90 Å². The van der Waals surface area contributed by atoms with Gasteiger partial charge in [0.25, 0.3) is 0 Å². The fraction of sp³-hybridized carbons (Fsp3) is 0.500. The molecule has 1 saturated heterocycles. The van der Waals surface area contributed by atoms with E-state index in [1.165, 1.54) is 0 Å². The molecule has 2 nitrogen and oxygen atoms in total. The predicted octanol–water partition coefficient (Wildman–Crippen LogP) is 2.81. The van der Waals surface area contributed by atoms with Crippen LogP contribution >= 0.6 is 11.8 Å². The van der Waals surface area contributed by atoms with Gasteiger partial charge in [-0.05, 0) is 0 Å². The Morgan fingerprint density at radius 1 is 0.850 bits per heavy atom. The summed E-state index contributed by atoms with van der Waals surface area (Å²) in [6, 6.07) is 0. The van der Waals surface area contributed by atoms with Gasteiger partial charge in [0.2, 0.25) is 5.82 Å². The summed E-state index contributed by atoms with van der Waals surface area (Å²) in [6.45, 7) is 3.03. The molecule has 8 heteroatoms. The first kappa shape index (κ1) is 15.5. The van der Waals surface area contributed by atoms with Crippen LogP contribution in [0.3, 0.4) is 0 Å². The molecule has 0 N–H and O–H groups in total. The van der Waals surface area contributed by atoms with Crippen molar-refractivity contribution >= 4 is 11.8 Å². The number of hydrogen-bond donors (Lipinski definition) is 0. The van der Waals surface area contributed by atoms with E-state index in [0.29, 0.717) is 44.6 Å². The van der Waals surface area contributed by atoms with Gasteiger partial charge >= 0.3 is 0 Å². The van der Waals surface area contributed by atoms with Crippen molar-refractivity contribution in [1.29, 1.82) is 0 Å². The summed E-state index contributed by atoms with van der Waals surface area (Å²) in [5, 5.41) is 0. The van der Waals surface area contributed by atoms with Gasteiger partial charge in [0.05, 0.1) is 18.1 Å². The molecule has 0 atom stereocenters. The summed E-state index contributed by atoms with van der Waals surface area (Å²) in [6.07, 6.45) is 0. The molecule has 0 aliphatic carbocycles. The van der Waals surface area contributed by atoms with Crippen molar-refractivity contribution in [2.75, 3.05) is 38.6 Å². The topological polar surface area (TPSA) is 12.5 Å². The molecule has 0 spiro atoms. The lowest BCUT2D eigenvalue weighted by molar-refractivity contribution is 0.0410. The molecular formula is C12H12F5NOS. The minimum atomic E-state index is -2.13. The van der Waals surface area contributed by atoms with Crippen molar-refractivity contribution in [2.24, 2.45) is 0 Å². The number of hydrogen-bond acceptors (Lipinski definition) is 3. The maximum atomic E-state index is 13.4. The van der Waals surface area contributed by atoms with E-state index in [2.05, 4.69) is 0 Å². The van der Waals surface area contributed by atoms with E-state index in [1.807, 2.05) is 4.90 Å². The largest absolute Gasteiger partial charge is 0.379 e. The monoisotopic (exact) mass is 313 g/mol. The highest BCUT2D eigenvalue weighted by atomic mass is 32.2. The van der Waals surface area contributed by atoms with Gasteiger partial charge in [0.1, 0.15) is 0 Å². The molecule has 0 saturated carbocycles. The van der Waals surface area contributed by atoms with Crippen LogP contribution in [0.1, 0.15) is 0 Å². The van der Waals surface area contributed by atoms with E-state index < -0.39 is 34.0 Å².